The van der Waals surface area contributed by atoms with Crippen LogP contribution in [0.4, 0.5) is 24.5 Å². The summed E-state index contributed by atoms with van der Waals surface area (Å²) in [6.45, 7) is 0.185. The Morgan fingerprint density at radius 2 is 1.81 bits per heavy atom. The number of hydrogen-bond donors (Lipinski definition) is 3. The normalized spacial score (nSPS) is 15.0. The predicted molar refractivity (Wildman–Crippen MR) is 123 cm³/mol. The number of carbonyl (C=O) groups is 3. The van der Waals surface area contributed by atoms with Gasteiger partial charge in [-0.05, 0) is 49.2 Å². The van der Waals surface area contributed by atoms with Crippen molar-refractivity contribution in [3.8, 4) is 11.5 Å². The highest BCUT2D eigenvalue weighted by molar-refractivity contribution is 6.05. The van der Waals surface area contributed by atoms with Crippen LogP contribution in [0.1, 0.15) is 36.0 Å². The molecule has 1 heterocycles. The quantitative estimate of drug-likeness (QED) is 0.385. The van der Waals surface area contributed by atoms with Crippen LogP contribution in [0.15, 0.2) is 42.5 Å². The van der Waals surface area contributed by atoms with Crippen molar-refractivity contribution in [3.05, 3.63) is 48.0 Å². The predicted octanol–water partition coefficient (Wildman–Crippen LogP) is 4.18. The molecule has 1 aliphatic rings. The van der Waals surface area contributed by atoms with Crippen molar-refractivity contribution >= 4 is 29.2 Å². The number of nitrogens with one attached hydrogen (secondary N) is 1. The lowest BCUT2D eigenvalue weighted by Gasteiger charge is -2.35. The summed E-state index contributed by atoms with van der Waals surface area (Å²) >= 11 is 0. The van der Waals surface area contributed by atoms with E-state index < -0.39 is 36.5 Å². The number of carboxylic acids is 2. The van der Waals surface area contributed by atoms with Gasteiger partial charge < -0.3 is 29.9 Å². The molecule has 0 bridgehead atoms. The third-order valence-electron chi connectivity index (χ3n) is 5.31. The first kappa shape index (κ1) is 26.6. The second-order valence-electron chi connectivity index (χ2n) is 8.09. The summed E-state index contributed by atoms with van der Waals surface area (Å²) in [5.41, 5.74) is 0.997. The first-order valence-electron chi connectivity index (χ1n) is 11.1. The third kappa shape index (κ3) is 7.52. The van der Waals surface area contributed by atoms with Gasteiger partial charge in [-0.3, -0.25) is 9.59 Å². The van der Waals surface area contributed by atoms with E-state index in [9.17, 15) is 32.7 Å². The fourth-order valence-electron chi connectivity index (χ4n) is 3.60. The Bertz CT molecular complexity index is 1090. The SMILES string of the molecule is O=C(O)CCCN1CC(C(=O)O)Oc2c(NC(=O)c3ccc(OCCCC(F)(F)F)cc3)cccc21. The number of halogens is 3. The Morgan fingerprint density at radius 3 is 2.44 bits per heavy atom. The van der Waals surface area contributed by atoms with Crippen molar-refractivity contribution in [1.82, 2.24) is 0 Å². The molecule has 1 aliphatic heterocycles. The number of alkyl halides is 3. The van der Waals surface area contributed by atoms with E-state index in [1.807, 2.05) is 0 Å². The van der Waals surface area contributed by atoms with Crippen LogP contribution in [0.5, 0.6) is 11.5 Å². The Kier molecular flexibility index (Phi) is 8.62. The maximum atomic E-state index is 12.8. The number of rotatable bonds is 11. The Labute approximate surface area is 204 Å². The number of anilines is 2. The lowest BCUT2D eigenvalue weighted by molar-refractivity contribution is -0.145. The number of benzene rings is 2. The molecule has 2 aromatic rings. The van der Waals surface area contributed by atoms with Gasteiger partial charge in [-0.15, -0.1) is 0 Å². The monoisotopic (exact) mass is 510 g/mol. The number of nitrogens with zero attached hydrogens (tertiary/aromatic N) is 1. The van der Waals surface area contributed by atoms with E-state index in [2.05, 4.69) is 5.32 Å². The van der Waals surface area contributed by atoms with Crippen molar-refractivity contribution < 1.29 is 47.2 Å². The molecule has 0 radical (unpaired) electrons. The molecule has 0 saturated carbocycles. The van der Waals surface area contributed by atoms with Crippen LogP contribution in [-0.2, 0) is 9.59 Å². The van der Waals surface area contributed by atoms with Crippen LogP contribution in [0.3, 0.4) is 0 Å². The highest BCUT2D eigenvalue weighted by atomic mass is 19.4. The van der Waals surface area contributed by atoms with E-state index in [1.165, 1.54) is 24.3 Å². The van der Waals surface area contributed by atoms with Gasteiger partial charge in [-0.2, -0.15) is 13.2 Å². The number of amides is 1. The van der Waals surface area contributed by atoms with Gasteiger partial charge in [-0.1, -0.05) is 6.07 Å². The molecular formula is C24H25F3N2O7. The molecule has 36 heavy (non-hydrogen) atoms. The minimum Gasteiger partial charge on any atom is -0.494 e. The molecule has 12 heteroatoms. The van der Waals surface area contributed by atoms with E-state index >= 15 is 0 Å². The summed E-state index contributed by atoms with van der Waals surface area (Å²) < 4.78 is 47.6. The minimum absolute atomic E-state index is 0.0176. The van der Waals surface area contributed by atoms with Gasteiger partial charge in [-0.25, -0.2) is 4.79 Å². The molecule has 0 aromatic heterocycles. The molecule has 0 aliphatic carbocycles. The Hall–Kier alpha value is -3.96. The zero-order chi connectivity index (χ0) is 26.3. The van der Waals surface area contributed by atoms with E-state index in [4.69, 9.17) is 14.6 Å². The summed E-state index contributed by atoms with van der Waals surface area (Å²) in [5, 5.41) is 21.1. The number of carbonyl (C=O) groups excluding carboxylic acids is 1. The molecule has 2 aromatic carbocycles. The van der Waals surface area contributed by atoms with Crippen LogP contribution in [0, 0.1) is 0 Å². The van der Waals surface area contributed by atoms with Gasteiger partial charge in [0.05, 0.1) is 24.5 Å². The molecule has 1 amide bonds. The van der Waals surface area contributed by atoms with Crippen molar-refractivity contribution in [2.24, 2.45) is 0 Å². The van der Waals surface area contributed by atoms with Crippen LogP contribution in [-0.4, -0.2) is 60.0 Å². The molecule has 194 valence electrons. The van der Waals surface area contributed by atoms with Crippen LogP contribution in [0.2, 0.25) is 0 Å². The number of hydrogen-bond acceptors (Lipinski definition) is 6. The lowest BCUT2D eigenvalue weighted by atomic mass is 10.1. The second kappa shape index (κ2) is 11.6. The third-order valence-corrected chi connectivity index (χ3v) is 5.31. The first-order chi connectivity index (χ1) is 17.0. The van der Waals surface area contributed by atoms with Gasteiger partial charge in [0, 0.05) is 24.9 Å². The van der Waals surface area contributed by atoms with Crippen molar-refractivity contribution in [1.29, 1.82) is 0 Å². The summed E-state index contributed by atoms with van der Waals surface area (Å²) in [6.07, 6.45) is -6.38. The zero-order valence-electron chi connectivity index (χ0n) is 19.1. The molecule has 9 nitrogen and oxygen atoms in total. The number of ether oxygens (including phenoxy) is 2. The molecule has 3 rings (SSSR count). The van der Waals surface area contributed by atoms with Crippen LogP contribution >= 0.6 is 0 Å². The van der Waals surface area contributed by atoms with Gasteiger partial charge in [0.1, 0.15) is 5.75 Å². The van der Waals surface area contributed by atoms with Crippen molar-refractivity contribution in [2.75, 3.05) is 29.9 Å². The molecule has 0 fully saturated rings. The number of carboxylic acid groups (broad SMARTS) is 2. The first-order valence-corrected chi connectivity index (χ1v) is 11.1. The molecular weight excluding hydrogens is 485 g/mol. The smallest absolute Gasteiger partial charge is 0.389 e. The largest absolute Gasteiger partial charge is 0.494 e. The van der Waals surface area contributed by atoms with E-state index in [1.54, 1.807) is 23.1 Å². The maximum Gasteiger partial charge on any atom is 0.389 e. The Balaban J connectivity index is 1.69. The fraction of sp³-hybridized carbons (Fsp3) is 0.375. The highest BCUT2D eigenvalue weighted by Gasteiger charge is 2.32. The summed E-state index contributed by atoms with van der Waals surface area (Å²) in [4.78, 5) is 37.0. The van der Waals surface area contributed by atoms with E-state index in [0.29, 0.717) is 17.9 Å². The topological polar surface area (TPSA) is 125 Å². The standard InChI is InChI=1S/C24H25F3N2O7/c25-24(26,27)11-3-13-35-16-9-7-15(8-10-16)22(32)28-17-4-1-5-18-21(17)36-19(23(33)34)14-29(18)12-2-6-20(30)31/h1,4-5,7-10,19H,2-3,6,11-14H2,(H,28,32)(H,30,31)(H,33,34). The van der Waals surface area contributed by atoms with E-state index in [-0.39, 0.29) is 49.5 Å². The fourth-order valence-corrected chi connectivity index (χ4v) is 3.60. The lowest BCUT2D eigenvalue weighted by Crippen LogP contribution is -2.45. The molecule has 0 saturated heterocycles. The van der Waals surface area contributed by atoms with Gasteiger partial charge in [0.15, 0.2) is 5.75 Å². The Morgan fingerprint density at radius 1 is 1.08 bits per heavy atom. The summed E-state index contributed by atoms with van der Waals surface area (Å²) in [6, 6.07) is 10.7. The van der Waals surface area contributed by atoms with Gasteiger partial charge in [0.2, 0.25) is 6.10 Å². The summed E-state index contributed by atoms with van der Waals surface area (Å²) in [5.74, 6) is -2.21. The van der Waals surface area contributed by atoms with E-state index in [0.717, 1.165) is 0 Å². The molecule has 1 unspecified atom stereocenters. The number of para-hydroxylation sites is 1. The van der Waals surface area contributed by atoms with Gasteiger partial charge in [0.25, 0.3) is 5.91 Å². The second-order valence-corrected chi connectivity index (χ2v) is 8.09. The average molecular weight is 510 g/mol. The number of aliphatic carboxylic acids is 2. The van der Waals surface area contributed by atoms with Crippen LogP contribution < -0.4 is 19.7 Å². The van der Waals surface area contributed by atoms with Crippen molar-refractivity contribution in [2.45, 2.75) is 38.0 Å². The summed E-state index contributed by atoms with van der Waals surface area (Å²) in [7, 11) is 0. The highest BCUT2D eigenvalue weighted by Crippen LogP contribution is 2.40. The average Bonchev–Trinajstić information content (AvgIpc) is 2.81. The van der Waals surface area contributed by atoms with Crippen LogP contribution in [0.25, 0.3) is 0 Å². The number of fused-ring (bicyclic) bond motifs is 1. The molecule has 1 atom stereocenters. The minimum atomic E-state index is -4.24. The van der Waals surface area contributed by atoms with Gasteiger partial charge >= 0.3 is 18.1 Å². The molecule has 3 N–H and O–H groups in total. The maximum absolute atomic E-state index is 12.8. The van der Waals surface area contributed by atoms with Crippen molar-refractivity contribution in [3.63, 3.8) is 0 Å². The molecule has 0 spiro atoms. The zero-order valence-corrected chi connectivity index (χ0v) is 19.1.